The van der Waals surface area contributed by atoms with Crippen molar-refractivity contribution >= 4 is 39.1 Å². The maximum absolute atomic E-state index is 14.2. The highest BCUT2D eigenvalue weighted by Gasteiger charge is 2.34. The van der Waals surface area contributed by atoms with Crippen molar-refractivity contribution in [2.75, 3.05) is 17.1 Å². The van der Waals surface area contributed by atoms with Gasteiger partial charge in [-0.3, -0.25) is 13.9 Å². The molecule has 0 aromatic heterocycles. The molecule has 0 bridgehead atoms. The lowest BCUT2D eigenvalue weighted by Crippen LogP contribution is -2.54. The first-order chi connectivity index (χ1) is 20.0. The molecule has 1 atom stereocenters. The molecule has 1 aliphatic rings. The standard InChI is InChI=1S/C33H40ClN3O4S/c1-24(2)27-16-18-30(19-17-27)37(42(3,40)41)23-32(38)36(22-26-12-9-13-28(34)20-26)31(21-25-10-5-4-6-11-25)33(39)35-29-14-7-8-15-29/h4-6,9-13,16-20,24,29,31H,7-8,14-15,21-23H2,1-3H3,(H,35,39)/t31-/m1/s1. The highest BCUT2D eigenvalue weighted by molar-refractivity contribution is 7.92. The minimum atomic E-state index is -3.82. The summed E-state index contributed by atoms with van der Waals surface area (Å²) in [6, 6.07) is 23.1. The smallest absolute Gasteiger partial charge is 0.244 e. The SMILES string of the molecule is CC(C)c1ccc(N(CC(=O)N(Cc2cccc(Cl)c2)[C@H](Cc2ccccc2)C(=O)NC2CCCC2)S(C)(=O)=O)cc1. The largest absolute Gasteiger partial charge is 0.352 e. The number of nitrogens with one attached hydrogen (secondary N) is 1. The van der Waals surface area contributed by atoms with Gasteiger partial charge in [0.15, 0.2) is 0 Å². The molecule has 2 amide bonds. The van der Waals surface area contributed by atoms with E-state index >= 15 is 0 Å². The summed E-state index contributed by atoms with van der Waals surface area (Å²) in [6.45, 7) is 3.77. The Morgan fingerprint density at radius 3 is 2.17 bits per heavy atom. The van der Waals surface area contributed by atoms with Gasteiger partial charge in [-0.25, -0.2) is 8.42 Å². The molecular formula is C33H40ClN3O4S. The fraction of sp³-hybridized carbons (Fsp3) is 0.394. The van der Waals surface area contributed by atoms with Crippen LogP contribution in [0.1, 0.15) is 62.1 Å². The third kappa shape index (κ3) is 8.58. The number of sulfonamides is 1. The summed E-state index contributed by atoms with van der Waals surface area (Å²) in [5.41, 5.74) is 3.10. The average Bonchev–Trinajstić information content (AvgIpc) is 3.46. The number of anilines is 1. The molecule has 0 aliphatic heterocycles. The van der Waals surface area contributed by atoms with Crippen molar-refractivity contribution in [3.05, 3.63) is 101 Å². The van der Waals surface area contributed by atoms with Gasteiger partial charge in [0, 0.05) is 24.0 Å². The zero-order valence-corrected chi connectivity index (χ0v) is 26.1. The summed E-state index contributed by atoms with van der Waals surface area (Å²) in [6.07, 6.45) is 5.29. The van der Waals surface area contributed by atoms with Crippen LogP contribution in [0.25, 0.3) is 0 Å². The third-order valence-corrected chi connectivity index (χ3v) is 9.12. The highest BCUT2D eigenvalue weighted by atomic mass is 35.5. The van der Waals surface area contributed by atoms with Gasteiger partial charge in [-0.15, -0.1) is 0 Å². The quantitative estimate of drug-likeness (QED) is 0.276. The number of rotatable bonds is 12. The van der Waals surface area contributed by atoms with E-state index in [1.807, 2.05) is 48.5 Å². The van der Waals surface area contributed by atoms with E-state index in [9.17, 15) is 18.0 Å². The van der Waals surface area contributed by atoms with Crippen molar-refractivity contribution in [1.82, 2.24) is 10.2 Å². The Morgan fingerprint density at radius 1 is 0.929 bits per heavy atom. The Labute approximate surface area is 254 Å². The molecule has 0 saturated heterocycles. The molecule has 1 aliphatic carbocycles. The lowest BCUT2D eigenvalue weighted by atomic mass is 10.0. The molecule has 9 heteroatoms. The Bertz CT molecular complexity index is 1460. The van der Waals surface area contributed by atoms with Crippen LogP contribution in [-0.2, 0) is 32.6 Å². The van der Waals surface area contributed by atoms with Crippen LogP contribution < -0.4 is 9.62 Å². The van der Waals surface area contributed by atoms with Crippen molar-refractivity contribution in [1.29, 1.82) is 0 Å². The van der Waals surface area contributed by atoms with Gasteiger partial charge in [0.2, 0.25) is 21.8 Å². The first-order valence-electron chi connectivity index (χ1n) is 14.5. The Balaban J connectivity index is 1.71. The average molecular weight is 610 g/mol. The molecule has 1 fully saturated rings. The molecule has 0 spiro atoms. The van der Waals surface area contributed by atoms with E-state index in [0.29, 0.717) is 10.7 Å². The van der Waals surface area contributed by atoms with Crippen LogP contribution in [0, 0.1) is 0 Å². The van der Waals surface area contributed by atoms with Crippen LogP contribution in [0.5, 0.6) is 0 Å². The van der Waals surface area contributed by atoms with E-state index in [-0.39, 0.29) is 30.8 Å². The van der Waals surface area contributed by atoms with E-state index < -0.39 is 28.5 Å². The molecule has 1 N–H and O–H groups in total. The summed E-state index contributed by atoms with van der Waals surface area (Å²) in [7, 11) is -3.82. The fourth-order valence-electron chi connectivity index (χ4n) is 5.39. The molecule has 0 radical (unpaired) electrons. The van der Waals surface area contributed by atoms with Crippen molar-refractivity contribution < 1.29 is 18.0 Å². The molecule has 3 aromatic carbocycles. The number of hydrogen-bond acceptors (Lipinski definition) is 4. The van der Waals surface area contributed by atoms with Gasteiger partial charge in [-0.05, 0) is 59.7 Å². The Hall–Kier alpha value is -3.36. The van der Waals surface area contributed by atoms with E-state index in [0.717, 1.165) is 52.9 Å². The van der Waals surface area contributed by atoms with Crippen molar-refractivity contribution in [3.63, 3.8) is 0 Å². The number of benzene rings is 3. The first kappa shape index (κ1) is 31.6. The van der Waals surface area contributed by atoms with E-state index in [4.69, 9.17) is 11.6 Å². The van der Waals surface area contributed by atoms with Gasteiger partial charge in [0.1, 0.15) is 12.6 Å². The number of amides is 2. The normalized spacial score (nSPS) is 14.5. The lowest BCUT2D eigenvalue weighted by Gasteiger charge is -2.34. The molecule has 3 aromatic rings. The van der Waals surface area contributed by atoms with E-state index in [1.54, 1.807) is 30.3 Å². The van der Waals surface area contributed by atoms with Gasteiger partial charge in [0.05, 0.1) is 11.9 Å². The topological polar surface area (TPSA) is 86.8 Å². The predicted octanol–water partition coefficient (Wildman–Crippen LogP) is 5.93. The van der Waals surface area contributed by atoms with E-state index in [2.05, 4.69) is 19.2 Å². The molecule has 1 saturated carbocycles. The molecule has 0 unspecified atom stereocenters. The summed E-state index contributed by atoms with van der Waals surface area (Å²) in [4.78, 5) is 29.6. The van der Waals surface area contributed by atoms with Gasteiger partial charge >= 0.3 is 0 Å². The minimum Gasteiger partial charge on any atom is -0.352 e. The van der Waals surface area contributed by atoms with Crippen LogP contribution in [0.2, 0.25) is 5.02 Å². The zero-order chi connectivity index (χ0) is 30.3. The van der Waals surface area contributed by atoms with E-state index in [1.165, 1.54) is 4.90 Å². The molecule has 7 nitrogen and oxygen atoms in total. The second kappa shape index (κ2) is 14.2. The number of hydrogen-bond donors (Lipinski definition) is 1. The third-order valence-electron chi connectivity index (χ3n) is 7.74. The summed E-state index contributed by atoms with van der Waals surface area (Å²) >= 11 is 6.28. The zero-order valence-electron chi connectivity index (χ0n) is 24.5. The Kier molecular flexibility index (Phi) is 10.7. The predicted molar refractivity (Wildman–Crippen MR) is 169 cm³/mol. The van der Waals surface area contributed by atoms with Crippen LogP contribution in [0.15, 0.2) is 78.9 Å². The van der Waals surface area contributed by atoms with Crippen molar-refractivity contribution in [3.8, 4) is 0 Å². The number of carbonyl (C=O) groups is 2. The summed E-state index contributed by atoms with van der Waals surface area (Å²) < 4.78 is 27.1. The fourth-order valence-corrected chi connectivity index (χ4v) is 6.46. The first-order valence-corrected chi connectivity index (χ1v) is 16.7. The van der Waals surface area contributed by atoms with Gasteiger partial charge in [-0.2, -0.15) is 0 Å². The monoisotopic (exact) mass is 609 g/mol. The van der Waals surface area contributed by atoms with Crippen LogP contribution in [-0.4, -0.2) is 50.0 Å². The number of carbonyl (C=O) groups excluding carboxylic acids is 2. The second-order valence-corrected chi connectivity index (χ2v) is 13.7. The number of halogens is 1. The summed E-state index contributed by atoms with van der Waals surface area (Å²) in [5, 5.41) is 3.68. The van der Waals surface area contributed by atoms with Gasteiger partial charge in [0.25, 0.3) is 0 Å². The van der Waals surface area contributed by atoms with Crippen LogP contribution >= 0.6 is 11.6 Å². The highest BCUT2D eigenvalue weighted by Crippen LogP contribution is 2.24. The second-order valence-electron chi connectivity index (χ2n) is 11.4. The molecule has 224 valence electrons. The Morgan fingerprint density at radius 2 is 1.57 bits per heavy atom. The maximum atomic E-state index is 14.2. The molecule has 0 heterocycles. The number of nitrogens with zero attached hydrogens (tertiary/aromatic N) is 2. The lowest BCUT2D eigenvalue weighted by molar-refractivity contribution is -0.140. The van der Waals surface area contributed by atoms with Gasteiger partial charge < -0.3 is 10.2 Å². The summed E-state index contributed by atoms with van der Waals surface area (Å²) in [5.74, 6) is -0.443. The van der Waals surface area contributed by atoms with Crippen molar-refractivity contribution in [2.24, 2.45) is 0 Å². The van der Waals surface area contributed by atoms with Crippen molar-refractivity contribution in [2.45, 2.75) is 70.5 Å². The van der Waals surface area contributed by atoms with Crippen LogP contribution in [0.3, 0.4) is 0 Å². The van der Waals surface area contributed by atoms with Gasteiger partial charge in [-0.1, -0.05) is 92.9 Å². The maximum Gasteiger partial charge on any atom is 0.244 e. The molecule has 42 heavy (non-hydrogen) atoms. The molecule has 4 rings (SSSR count). The minimum absolute atomic E-state index is 0.0610. The molecular weight excluding hydrogens is 570 g/mol. The van der Waals surface area contributed by atoms with Crippen LogP contribution in [0.4, 0.5) is 5.69 Å².